The molecule has 1 aliphatic rings. The van der Waals surface area contributed by atoms with E-state index in [2.05, 4.69) is 4.72 Å². The Morgan fingerprint density at radius 3 is 2.40 bits per heavy atom. The van der Waals surface area contributed by atoms with Crippen molar-refractivity contribution in [3.63, 3.8) is 0 Å². The summed E-state index contributed by atoms with van der Waals surface area (Å²) in [6, 6.07) is 27.7. The number of hydrogen-bond acceptors (Lipinski definition) is 6. The van der Waals surface area contributed by atoms with E-state index in [9.17, 15) is 18.0 Å². The zero-order chi connectivity index (χ0) is 29.4. The normalized spacial score (nSPS) is 15.3. The molecule has 4 aromatic rings. The Morgan fingerprint density at radius 2 is 1.62 bits per heavy atom. The maximum absolute atomic E-state index is 13.3. The summed E-state index contributed by atoms with van der Waals surface area (Å²) < 4.78 is 41.5. The molecule has 1 aromatic heterocycles. The van der Waals surface area contributed by atoms with Crippen molar-refractivity contribution in [3.05, 3.63) is 102 Å². The molecular weight excluding hydrogens is 554 g/mol. The second-order valence-electron chi connectivity index (χ2n) is 10.3. The molecule has 0 bridgehead atoms. The van der Waals surface area contributed by atoms with E-state index >= 15 is 0 Å². The second kappa shape index (κ2) is 13.6. The van der Waals surface area contributed by atoms with Crippen molar-refractivity contribution in [1.29, 1.82) is 0 Å². The largest absolute Gasteiger partial charge is 0.492 e. The molecule has 0 unspecified atom stereocenters. The van der Waals surface area contributed by atoms with Gasteiger partial charge in [-0.05, 0) is 55.5 Å². The smallest absolute Gasteiger partial charge is 0.410 e. The van der Waals surface area contributed by atoms with Crippen molar-refractivity contribution >= 4 is 32.9 Å². The number of ether oxygens (including phenoxy) is 2. The molecule has 1 N–H and O–H groups in total. The molecule has 2 heterocycles. The summed E-state index contributed by atoms with van der Waals surface area (Å²) in [6.07, 6.45) is 2.16. The van der Waals surface area contributed by atoms with Gasteiger partial charge in [-0.1, -0.05) is 66.7 Å². The van der Waals surface area contributed by atoms with Crippen LogP contribution in [0.1, 0.15) is 41.7 Å². The average molecular weight is 590 g/mol. The van der Waals surface area contributed by atoms with Crippen molar-refractivity contribution in [1.82, 2.24) is 14.2 Å². The van der Waals surface area contributed by atoms with E-state index in [1.807, 2.05) is 84.9 Å². The number of sulfonamides is 1. The molecule has 3 aromatic carbocycles. The number of carbonyl (C=O) groups excluding carboxylic acids is 2. The molecule has 5 rings (SSSR count). The molecular formula is C32H35N3O6S. The van der Waals surface area contributed by atoms with Gasteiger partial charge in [-0.2, -0.15) is 0 Å². The van der Waals surface area contributed by atoms with Crippen LogP contribution in [0.15, 0.2) is 91.0 Å². The number of para-hydroxylation sites is 2. The zero-order valence-electron chi connectivity index (χ0n) is 23.4. The highest BCUT2D eigenvalue weighted by molar-refractivity contribution is 7.90. The van der Waals surface area contributed by atoms with Crippen LogP contribution in [0.2, 0.25) is 0 Å². The molecule has 1 aliphatic heterocycles. The summed E-state index contributed by atoms with van der Waals surface area (Å²) in [5.74, 6) is -0.277. The summed E-state index contributed by atoms with van der Waals surface area (Å²) >= 11 is 0. The molecule has 0 saturated carbocycles. The number of aromatic nitrogens is 1. The van der Waals surface area contributed by atoms with E-state index in [0.29, 0.717) is 31.9 Å². The number of piperidine rings is 1. The third kappa shape index (κ3) is 7.50. The van der Waals surface area contributed by atoms with Crippen molar-refractivity contribution in [2.75, 3.05) is 18.9 Å². The maximum Gasteiger partial charge on any atom is 0.410 e. The minimum Gasteiger partial charge on any atom is -0.492 e. The van der Waals surface area contributed by atoms with Gasteiger partial charge in [0.25, 0.3) is 5.91 Å². The first-order valence-corrected chi connectivity index (χ1v) is 15.8. The van der Waals surface area contributed by atoms with Gasteiger partial charge in [0.1, 0.15) is 24.7 Å². The molecule has 2 amide bonds. The fraction of sp³-hybridized carbons (Fsp3) is 0.312. The van der Waals surface area contributed by atoms with Crippen molar-refractivity contribution in [2.24, 2.45) is 0 Å². The van der Waals surface area contributed by atoms with Crippen LogP contribution in [-0.2, 0) is 27.9 Å². The monoisotopic (exact) mass is 589 g/mol. The predicted octanol–water partition coefficient (Wildman–Crippen LogP) is 5.36. The number of carbonyl (C=O) groups is 2. The Hall–Kier alpha value is -4.31. The number of amides is 2. The molecule has 0 spiro atoms. The lowest BCUT2D eigenvalue weighted by Gasteiger charge is -2.34. The summed E-state index contributed by atoms with van der Waals surface area (Å²) in [4.78, 5) is 27.8. The lowest BCUT2D eigenvalue weighted by Crippen LogP contribution is -2.45. The van der Waals surface area contributed by atoms with Gasteiger partial charge in [0, 0.05) is 23.5 Å². The SMILES string of the molecule is O=C(NS(=O)(=O)CC[C@H]1CCCCN1C(=O)OCc1ccccc1)c1cc2ccccc2n1CCOc1ccccc1. The number of rotatable bonds is 11. The highest BCUT2D eigenvalue weighted by Crippen LogP contribution is 2.23. The summed E-state index contributed by atoms with van der Waals surface area (Å²) in [6.45, 7) is 1.32. The summed E-state index contributed by atoms with van der Waals surface area (Å²) in [7, 11) is -3.97. The van der Waals surface area contributed by atoms with Crippen LogP contribution in [0.5, 0.6) is 5.75 Å². The van der Waals surface area contributed by atoms with Gasteiger partial charge in [-0.15, -0.1) is 0 Å². The first-order valence-electron chi connectivity index (χ1n) is 14.2. The Kier molecular flexibility index (Phi) is 9.43. The van der Waals surface area contributed by atoms with Crippen molar-refractivity contribution < 1.29 is 27.5 Å². The van der Waals surface area contributed by atoms with Gasteiger partial charge in [0.2, 0.25) is 10.0 Å². The van der Waals surface area contributed by atoms with E-state index in [1.165, 1.54) is 0 Å². The topological polar surface area (TPSA) is 107 Å². The average Bonchev–Trinajstić information content (AvgIpc) is 3.39. The molecule has 1 atom stereocenters. The fourth-order valence-corrected chi connectivity index (χ4v) is 6.36. The highest BCUT2D eigenvalue weighted by Gasteiger charge is 2.30. The Labute approximate surface area is 246 Å². The van der Waals surface area contributed by atoms with Crippen LogP contribution in [0.3, 0.4) is 0 Å². The maximum atomic E-state index is 13.3. The van der Waals surface area contributed by atoms with Crippen LogP contribution in [0.25, 0.3) is 10.9 Å². The van der Waals surface area contributed by atoms with Crippen molar-refractivity contribution in [3.8, 4) is 5.75 Å². The molecule has 1 saturated heterocycles. The lowest BCUT2D eigenvalue weighted by atomic mass is 10.0. The number of likely N-dealkylation sites (tertiary alicyclic amines) is 1. The number of benzene rings is 3. The minimum atomic E-state index is -3.97. The third-order valence-corrected chi connectivity index (χ3v) is 8.67. The molecule has 9 nitrogen and oxygen atoms in total. The number of nitrogens with zero attached hydrogens (tertiary/aromatic N) is 2. The minimum absolute atomic E-state index is 0.154. The number of nitrogens with one attached hydrogen (secondary N) is 1. The first-order chi connectivity index (χ1) is 20.4. The van der Waals surface area contributed by atoms with Gasteiger partial charge in [0.05, 0.1) is 12.3 Å². The van der Waals surface area contributed by atoms with Gasteiger partial charge in [-0.25, -0.2) is 17.9 Å². The molecule has 1 fully saturated rings. The second-order valence-corrected chi connectivity index (χ2v) is 12.2. The Bertz CT molecular complexity index is 1610. The number of fused-ring (bicyclic) bond motifs is 1. The Balaban J connectivity index is 1.21. The predicted molar refractivity (Wildman–Crippen MR) is 161 cm³/mol. The molecule has 0 radical (unpaired) electrons. The van der Waals surface area contributed by atoms with Gasteiger partial charge in [-0.3, -0.25) is 4.79 Å². The molecule has 42 heavy (non-hydrogen) atoms. The van der Waals surface area contributed by atoms with Crippen LogP contribution < -0.4 is 9.46 Å². The van der Waals surface area contributed by atoms with E-state index in [-0.39, 0.29) is 30.5 Å². The summed E-state index contributed by atoms with van der Waals surface area (Å²) in [5.41, 5.74) is 1.93. The van der Waals surface area contributed by atoms with E-state index in [0.717, 1.165) is 29.3 Å². The van der Waals surface area contributed by atoms with E-state index < -0.39 is 22.0 Å². The van der Waals surface area contributed by atoms with Crippen molar-refractivity contribution in [2.45, 2.75) is 44.9 Å². The van der Waals surface area contributed by atoms with Gasteiger partial charge >= 0.3 is 6.09 Å². The standard InChI is InChI=1S/C32H35N3O6S/c36-31(30-23-26-13-7-8-17-29(26)35(30)20-21-40-28-15-5-2-6-16-28)33-42(38,39)22-18-27-14-9-10-19-34(27)32(37)41-24-25-11-3-1-4-12-25/h1-8,11-13,15-17,23,27H,9-10,14,18-22,24H2,(H,33,36)/t27-/m1/s1. The first kappa shape index (κ1) is 29.2. The van der Waals surface area contributed by atoms with Gasteiger partial charge in [0.15, 0.2) is 0 Å². The third-order valence-electron chi connectivity index (χ3n) is 7.40. The quantitative estimate of drug-likeness (QED) is 0.252. The summed E-state index contributed by atoms with van der Waals surface area (Å²) in [5, 5.41) is 0.826. The van der Waals surface area contributed by atoms with Crippen LogP contribution in [-0.4, -0.2) is 54.8 Å². The lowest BCUT2D eigenvalue weighted by molar-refractivity contribution is 0.0672. The fourth-order valence-electron chi connectivity index (χ4n) is 5.29. The van der Waals surface area contributed by atoms with Crippen LogP contribution >= 0.6 is 0 Å². The van der Waals surface area contributed by atoms with Gasteiger partial charge < -0.3 is 18.9 Å². The van der Waals surface area contributed by atoms with E-state index in [1.54, 1.807) is 15.5 Å². The van der Waals surface area contributed by atoms with Crippen LogP contribution in [0.4, 0.5) is 4.79 Å². The zero-order valence-corrected chi connectivity index (χ0v) is 24.2. The Morgan fingerprint density at radius 1 is 0.905 bits per heavy atom. The highest BCUT2D eigenvalue weighted by atomic mass is 32.2. The van der Waals surface area contributed by atoms with E-state index in [4.69, 9.17) is 9.47 Å². The molecule has 220 valence electrons. The number of hydrogen-bond donors (Lipinski definition) is 1. The molecule has 0 aliphatic carbocycles. The molecule has 10 heteroatoms. The van der Waals surface area contributed by atoms with Crippen LogP contribution in [0, 0.1) is 0 Å².